The highest BCUT2D eigenvalue weighted by Gasteiger charge is 2.14. The van der Waals surface area contributed by atoms with Crippen LogP contribution >= 0.6 is 0 Å². The first-order valence-corrected chi connectivity index (χ1v) is 6.99. The van der Waals surface area contributed by atoms with Crippen molar-refractivity contribution in [1.82, 2.24) is 5.32 Å². The maximum Gasteiger partial charge on any atom is 0.0661 e. The van der Waals surface area contributed by atoms with E-state index in [2.05, 4.69) is 45.1 Å². The summed E-state index contributed by atoms with van der Waals surface area (Å²) in [5.74, 6) is 0. The minimum absolute atomic E-state index is 0.309. The molecule has 0 spiro atoms. The van der Waals surface area contributed by atoms with Gasteiger partial charge in [-0.25, -0.2) is 0 Å². The first-order valence-electron chi connectivity index (χ1n) is 6.99. The highest BCUT2D eigenvalue weighted by molar-refractivity contribution is 5.38. The molecule has 0 heterocycles. The third-order valence-electron chi connectivity index (χ3n) is 3.39. The summed E-state index contributed by atoms with van der Waals surface area (Å²) in [6.45, 7) is 13.3. The largest absolute Gasteiger partial charge is 0.380 e. The minimum atomic E-state index is 0.309. The first kappa shape index (κ1) is 15.2. The lowest BCUT2D eigenvalue weighted by Crippen LogP contribution is -2.27. The number of rotatable bonds is 7. The third-order valence-corrected chi connectivity index (χ3v) is 3.39. The Morgan fingerprint density at radius 2 is 1.72 bits per heavy atom. The lowest BCUT2D eigenvalue weighted by atomic mass is 9.96. The highest BCUT2D eigenvalue weighted by Crippen LogP contribution is 2.22. The Bertz CT molecular complexity index is 366. The lowest BCUT2D eigenvalue weighted by Gasteiger charge is -2.22. The Kier molecular flexibility index (Phi) is 6.37. The van der Waals surface area contributed by atoms with Crippen molar-refractivity contribution in [3.63, 3.8) is 0 Å². The summed E-state index contributed by atoms with van der Waals surface area (Å²) in [7, 11) is 0. The van der Waals surface area contributed by atoms with Crippen molar-refractivity contribution in [2.45, 2.75) is 47.1 Å². The molecule has 1 N–H and O–H groups in total. The molecule has 1 unspecified atom stereocenters. The molecular formula is C16H27NO. The zero-order valence-corrected chi connectivity index (χ0v) is 12.5. The molecule has 0 aromatic heterocycles. The molecule has 1 aromatic carbocycles. The summed E-state index contributed by atoms with van der Waals surface area (Å²) in [5, 5.41) is 3.58. The predicted molar refractivity (Wildman–Crippen MR) is 78.2 cm³/mol. The van der Waals surface area contributed by atoms with Gasteiger partial charge in [-0.3, -0.25) is 0 Å². The van der Waals surface area contributed by atoms with E-state index in [1.807, 2.05) is 6.92 Å². The van der Waals surface area contributed by atoms with Crippen LogP contribution in [0.4, 0.5) is 0 Å². The molecule has 0 aliphatic carbocycles. The molecule has 0 aliphatic heterocycles. The molecule has 0 saturated carbocycles. The Hall–Kier alpha value is -0.860. The van der Waals surface area contributed by atoms with Crippen molar-refractivity contribution < 1.29 is 4.74 Å². The average Bonchev–Trinajstić information content (AvgIpc) is 2.35. The van der Waals surface area contributed by atoms with Crippen LogP contribution in [0.25, 0.3) is 0 Å². The van der Waals surface area contributed by atoms with E-state index < -0.39 is 0 Å². The summed E-state index contributed by atoms with van der Waals surface area (Å²) in [6.07, 6.45) is 1.15. The second-order valence-electron chi connectivity index (χ2n) is 4.96. The number of hydrogen-bond acceptors (Lipinski definition) is 2. The number of benzene rings is 1. The van der Waals surface area contributed by atoms with Crippen molar-refractivity contribution in [3.05, 3.63) is 34.4 Å². The van der Waals surface area contributed by atoms with E-state index in [0.29, 0.717) is 6.04 Å². The fourth-order valence-corrected chi connectivity index (χ4v) is 2.17. The van der Waals surface area contributed by atoms with E-state index in [1.54, 1.807) is 0 Å². The Labute approximate surface area is 112 Å². The smallest absolute Gasteiger partial charge is 0.0661 e. The van der Waals surface area contributed by atoms with Gasteiger partial charge in [0.1, 0.15) is 0 Å². The number of nitrogens with one attached hydrogen (secondary N) is 1. The second kappa shape index (κ2) is 7.55. The van der Waals surface area contributed by atoms with Crippen LogP contribution in [-0.2, 0) is 4.74 Å². The molecule has 102 valence electrons. The van der Waals surface area contributed by atoms with Crippen molar-refractivity contribution in [2.75, 3.05) is 19.8 Å². The van der Waals surface area contributed by atoms with Gasteiger partial charge in [0, 0.05) is 6.61 Å². The van der Waals surface area contributed by atoms with E-state index >= 15 is 0 Å². The Balaban J connectivity index is 2.92. The molecule has 0 fully saturated rings. The van der Waals surface area contributed by atoms with Crippen LogP contribution < -0.4 is 5.32 Å². The van der Waals surface area contributed by atoms with Gasteiger partial charge in [-0.05, 0) is 62.9 Å². The van der Waals surface area contributed by atoms with Gasteiger partial charge in [0.2, 0.25) is 0 Å². The summed E-state index contributed by atoms with van der Waals surface area (Å²) >= 11 is 0. The quantitative estimate of drug-likeness (QED) is 0.795. The molecule has 1 aromatic rings. The van der Waals surface area contributed by atoms with Crippen LogP contribution in [0.5, 0.6) is 0 Å². The SMILES string of the molecule is CCCNC(COCC)c1cc(C)c(C)cc1C. The highest BCUT2D eigenvalue weighted by atomic mass is 16.5. The van der Waals surface area contributed by atoms with Crippen LogP contribution in [0.3, 0.4) is 0 Å². The number of hydrogen-bond donors (Lipinski definition) is 1. The van der Waals surface area contributed by atoms with Gasteiger partial charge in [-0.1, -0.05) is 19.1 Å². The summed E-state index contributed by atoms with van der Waals surface area (Å²) in [4.78, 5) is 0. The molecule has 0 radical (unpaired) electrons. The van der Waals surface area contributed by atoms with E-state index in [0.717, 1.165) is 26.2 Å². The third kappa shape index (κ3) is 4.11. The van der Waals surface area contributed by atoms with E-state index in [9.17, 15) is 0 Å². The normalized spacial score (nSPS) is 12.7. The minimum Gasteiger partial charge on any atom is -0.380 e. The van der Waals surface area contributed by atoms with Crippen LogP contribution in [-0.4, -0.2) is 19.8 Å². The molecule has 1 atom stereocenters. The van der Waals surface area contributed by atoms with Crippen LogP contribution in [0.15, 0.2) is 12.1 Å². The predicted octanol–water partition coefficient (Wildman–Crippen LogP) is 3.69. The van der Waals surface area contributed by atoms with Crippen molar-refractivity contribution in [1.29, 1.82) is 0 Å². The van der Waals surface area contributed by atoms with E-state index in [4.69, 9.17) is 4.74 Å². The zero-order chi connectivity index (χ0) is 13.5. The topological polar surface area (TPSA) is 21.3 Å². The molecule has 0 saturated heterocycles. The van der Waals surface area contributed by atoms with Gasteiger partial charge < -0.3 is 10.1 Å². The molecule has 0 bridgehead atoms. The maximum absolute atomic E-state index is 5.61. The summed E-state index contributed by atoms with van der Waals surface area (Å²) < 4.78 is 5.61. The Morgan fingerprint density at radius 1 is 1.06 bits per heavy atom. The standard InChI is InChI=1S/C16H27NO/c1-6-8-17-16(11-18-7-2)15-10-13(4)12(3)9-14(15)5/h9-10,16-17H,6-8,11H2,1-5H3. The monoisotopic (exact) mass is 249 g/mol. The maximum atomic E-state index is 5.61. The molecule has 0 amide bonds. The van der Waals surface area contributed by atoms with Crippen LogP contribution in [0.2, 0.25) is 0 Å². The van der Waals surface area contributed by atoms with Gasteiger partial charge in [-0.2, -0.15) is 0 Å². The number of ether oxygens (including phenoxy) is 1. The molecule has 1 rings (SSSR count). The number of aryl methyl sites for hydroxylation is 3. The average molecular weight is 249 g/mol. The first-order chi connectivity index (χ1) is 8.60. The van der Waals surface area contributed by atoms with Crippen molar-refractivity contribution >= 4 is 0 Å². The van der Waals surface area contributed by atoms with Gasteiger partial charge in [0.15, 0.2) is 0 Å². The van der Waals surface area contributed by atoms with Gasteiger partial charge >= 0.3 is 0 Å². The van der Waals surface area contributed by atoms with Gasteiger partial charge in [0.25, 0.3) is 0 Å². The fourth-order valence-electron chi connectivity index (χ4n) is 2.17. The molecule has 0 aliphatic rings. The van der Waals surface area contributed by atoms with Gasteiger partial charge in [0.05, 0.1) is 12.6 Å². The van der Waals surface area contributed by atoms with E-state index in [1.165, 1.54) is 22.3 Å². The summed E-state index contributed by atoms with van der Waals surface area (Å²) in [6, 6.07) is 4.89. The van der Waals surface area contributed by atoms with Crippen LogP contribution in [0.1, 0.15) is 48.6 Å². The molecule has 2 heteroatoms. The van der Waals surface area contributed by atoms with E-state index in [-0.39, 0.29) is 0 Å². The van der Waals surface area contributed by atoms with Crippen molar-refractivity contribution in [3.8, 4) is 0 Å². The van der Waals surface area contributed by atoms with Crippen molar-refractivity contribution in [2.24, 2.45) is 0 Å². The second-order valence-corrected chi connectivity index (χ2v) is 4.96. The fraction of sp³-hybridized carbons (Fsp3) is 0.625. The van der Waals surface area contributed by atoms with Gasteiger partial charge in [-0.15, -0.1) is 0 Å². The molecular weight excluding hydrogens is 222 g/mol. The van der Waals surface area contributed by atoms with Crippen LogP contribution in [0, 0.1) is 20.8 Å². The zero-order valence-electron chi connectivity index (χ0n) is 12.5. The molecule has 2 nitrogen and oxygen atoms in total. The lowest BCUT2D eigenvalue weighted by molar-refractivity contribution is 0.123. The molecule has 18 heavy (non-hydrogen) atoms. The summed E-state index contributed by atoms with van der Waals surface area (Å²) in [5.41, 5.74) is 5.45. The Morgan fingerprint density at radius 3 is 2.33 bits per heavy atom.